The normalized spacial score (nSPS) is 25.3. The van der Waals surface area contributed by atoms with Gasteiger partial charge in [0.2, 0.25) is 0 Å². The van der Waals surface area contributed by atoms with Crippen molar-refractivity contribution < 1.29 is 28.5 Å². The minimum atomic E-state index is -1.41. The number of unbranched alkanes of at least 4 members (excludes halogenated alkanes) is 4. The molecule has 2 rings (SSSR count). The molecule has 1 aromatic rings. The number of hydrogen-bond donors (Lipinski definition) is 4. The highest BCUT2D eigenvalue weighted by Gasteiger charge is 2.39. The molecule has 1 heterocycles. The highest BCUT2D eigenvalue weighted by atomic mass is 35.5. The van der Waals surface area contributed by atoms with Crippen LogP contribution in [0.4, 0.5) is 13.2 Å². The van der Waals surface area contributed by atoms with Crippen molar-refractivity contribution in [1.29, 1.82) is 0 Å². The average Bonchev–Trinajstić information content (AvgIpc) is 2.88. The summed E-state index contributed by atoms with van der Waals surface area (Å²) in [5, 5.41) is 31.7. The van der Waals surface area contributed by atoms with E-state index in [1.165, 1.54) is 6.07 Å². The number of benzene rings is 1. The molecule has 1 aliphatic heterocycles. The van der Waals surface area contributed by atoms with Crippen molar-refractivity contribution in [2.75, 3.05) is 6.61 Å². The zero-order valence-corrected chi connectivity index (χ0v) is 15.3. The molecule has 4 N–H and O–H groups in total. The quantitative estimate of drug-likeness (QED) is 0.381. The van der Waals surface area contributed by atoms with Crippen LogP contribution in [0.3, 0.4) is 0 Å². The molecule has 0 radical (unpaired) electrons. The molecular formula is C18H27ClF3NO3. The van der Waals surface area contributed by atoms with Gasteiger partial charge in [-0.05, 0) is 30.9 Å². The monoisotopic (exact) mass is 397 g/mol. The fourth-order valence-electron chi connectivity index (χ4n) is 3.33. The van der Waals surface area contributed by atoms with Gasteiger partial charge in [-0.1, -0.05) is 31.7 Å². The summed E-state index contributed by atoms with van der Waals surface area (Å²) < 4.78 is 39.5. The topological polar surface area (TPSA) is 72.7 Å². The summed E-state index contributed by atoms with van der Waals surface area (Å²) in [4.78, 5) is 0. The van der Waals surface area contributed by atoms with Crippen molar-refractivity contribution >= 4 is 12.4 Å². The van der Waals surface area contributed by atoms with Crippen LogP contribution in [-0.4, -0.2) is 46.2 Å². The standard InChI is InChI=1S/C18H26F3NO3.ClH/c19-12-9-8-11(15(20)16(12)21)6-4-2-1-3-5-7-13-17(24)18(25)14(10-23)22-13;/h8-9,13-14,17-18,22-25H,1-7,10H2;1H/t13-,14-,17-,18-;/m1./s1. The predicted molar refractivity (Wildman–Crippen MR) is 94.8 cm³/mol. The molecule has 1 aromatic carbocycles. The van der Waals surface area contributed by atoms with Gasteiger partial charge in [-0.2, -0.15) is 0 Å². The molecule has 0 unspecified atom stereocenters. The lowest BCUT2D eigenvalue weighted by atomic mass is 10.0. The number of nitrogens with one attached hydrogen (secondary N) is 1. The third kappa shape index (κ3) is 5.82. The van der Waals surface area contributed by atoms with E-state index in [0.717, 1.165) is 31.7 Å². The number of hydrogen-bond acceptors (Lipinski definition) is 4. The lowest BCUT2D eigenvalue weighted by Gasteiger charge is -2.15. The molecule has 0 aromatic heterocycles. The average molecular weight is 398 g/mol. The van der Waals surface area contributed by atoms with Gasteiger partial charge in [0, 0.05) is 6.04 Å². The van der Waals surface area contributed by atoms with Crippen LogP contribution in [0, 0.1) is 17.5 Å². The number of aliphatic hydroxyl groups excluding tert-OH is 3. The number of aryl methyl sites for hydroxylation is 1. The summed E-state index contributed by atoms with van der Waals surface area (Å²) in [6, 6.07) is 1.53. The fourth-order valence-corrected chi connectivity index (χ4v) is 3.33. The first-order valence-corrected chi connectivity index (χ1v) is 8.81. The Kier molecular flexibility index (Phi) is 9.89. The van der Waals surface area contributed by atoms with Crippen LogP contribution in [0.15, 0.2) is 12.1 Å². The molecular weight excluding hydrogens is 371 g/mol. The van der Waals surface area contributed by atoms with E-state index in [9.17, 15) is 23.4 Å². The van der Waals surface area contributed by atoms with E-state index in [1.807, 2.05) is 0 Å². The second-order valence-electron chi connectivity index (χ2n) is 6.68. The predicted octanol–water partition coefficient (Wildman–Crippen LogP) is 2.46. The van der Waals surface area contributed by atoms with Gasteiger partial charge in [-0.25, -0.2) is 13.2 Å². The lowest BCUT2D eigenvalue weighted by molar-refractivity contribution is 0.0186. The SMILES string of the molecule is Cl.OC[C@H]1N[C@H](CCCCCCCc2ccc(F)c(F)c2F)[C@@H](O)[C@@H]1O. The number of aliphatic hydroxyl groups is 3. The largest absolute Gasteiger partial charge is 0.395 e. The zero-order chi connectivity index (χ0) is 18.4. The van der Waals surface area contributed by atoms with Crippen LogP contribution < -0.4 is 5.32 Å². The van der Waals surface area contributed by atoms with Crippen molar-refractivity contribution in [3.63, 3.8) is 0 Å². The summed E-state index contributed by atoms with van der Waals surface area (Å²) >= 11 is 0. The maximum Gasteiger partial charge on any atom is 0.194 e. The Labute approximate surface area is 157 Å². The molecule has 0 amide bonds. The molecule has 0 spiro atoms. The Bertz CT molecular complexity index is 565. The third-order valence-electron chi connectivity index (χ3n) is 4.88. The number of halogens is 4. The van der Waals surface area contributed by atoms with Gasteiger partial charge in [-0.3, -0.25) is 0 Å². The Balaban J connectivity index is 0.00000338. The first-order chi connectivity index (χ1) is 12.0. The molecule has 1 saturated heterocycles. The van der Waals surface area contributed by atoms with Crippen molar-refractivity contribution in [2.45, 2.75) is 69.2 Å². The number of rotatable bonds is 9. The van der Waals surface area contributed by atoms with E-state index in [2.05, 4.69) is 5.32 Å². The summed E-state index contributed by atoms with van der Waals surface area (Å²) in [6.45, 7) is -0.213. The maximum atomic E-state index is 13.5. The van der Waals surface area contributed by atoms with E-state index in [1.54, 1.807) is 0 Å². The smallest absolute Gasteiger partial charge is 0.194 e. The minimum Gasteiger partial charge on any atom is -0.395 e. The van der Waals surface area contributed by atoms with Crippen LogP contribution >= 0.6 is 12.4 Å². The van der Waals surface area contributed by atoms with Gasteiger partial charge < -0.3 is 20.6 Å². The first-order valence-electron chi connectivity index (χ1n) is 8.81. The first kappa shape index (κ1) is 23.2. The van der Waals surface area contributed by atoms with Gasteiger partial charge in [0.25, 0.3) is 0 Å². The molecule has 26 heavy (non-hydrogen) atoms. The highest BCUT2D eigenvalue weighted by Crippen LogP contribution is 2.20. The van der Waals surface area contributed by atoms with Gasteiger partial charge in [-0.15, -0.1) is 12.4 Å². The Morgan fingerprint density at radius 3 is 2.12 bits per heavy atom. The Morgan fingerprint density at radius 2 is 1.46 bits per heavy atom. The second kappa shape index (κ2) is 11.1. The van der Waals surface area contributed by atoms with Crippen molar-refractivity contribution in [2.24, 2.45) is 0 Å². The van der Waals surface area contributed by atoms with Gasteiger partial charge in [0.05, 0.1) is 24.9 Å². The van der Waals surface area contributed by atoms with E-state index >= 15 is 0 Å². The summed E-state index contributed by atoms with van der Waals surface area (Å²) in [6.07, 6.45) is 3.50. The van der Waals surface area contributed by atoms with Crippen LogP contribution in [0.2, 0.25) is 0 Å². The second-order valence-corrected chi connectivity index (χ2v) is 6.68. The molecule has 150 valence electrons. The molecule has 1 aliphatic rings. The third-order valence-corrected chi connectivity index (χ3v) is 4.88. The van der Waals surface area contributed by atoms with Crippen LogP contribution in [-0.2, 0) is 6.42 Å². The highest BCUT2D eigenvalue weighted by molar-refractivity contribution is 5.85. The lowest BCUT2D eigenvalue weighted by Crippen LogP contribution is -2.36. The summed E-state index contributed by atoms with van der Waals surface area (Å²) in [7, 11) is 0. The van der Waals surface area contributed by atoms with E-state index in [0.29, 0.717) is 19.3 Å². The molecule has 1 fully saturated rings. The van der Waals surface area contributed by atoms with Crippen LogP contribution in [0.25, 0.3) is 0 Å². The molecule has 4 atom stereocenters. The molecule has 8 heteroatoms. The van der Waals surface area contributed by atoms with Crippen molar-refractivity contribution in [1.82, 2.24) is 5.32 Å². The van der Waals surface area contributed by atoms with Gasteiger partial charge in [0.15, 0.2) is 17.5 Å². The molecule has 0 bridgehead atoms. The Hall–Kier alpha value is -0.860. The summed E-state index contributed by atoms with van der Waals surface area (Å²) in [5.41, 5.74) is 0.196. The van der Waals surface area contributed by atoms with E-state index in [4.69, 9.17) is 5.11 Å². The van der Waals surface area contributed by atoms with Gasteiger partial charge in [0.1, 0.15) is 0 Å². The zero-order valence-electron chi connectivity index (χ0n) is 14.5. The molecule has 0 aliphatic carbocycles. The molecule has 4 nitrogen and oxygen atoms in total. The van der Waals surface area contributed by atoms with Crippen LogP contribution in [0.1, 0.15) is 44.1 Å². The fraction of sp³-hybridized carbons (Fsp3) is 0.667. The van der Waals surface area contributed by atoms with E-state index in [-0.39, 0.29) is 30.6 Å². The summed E-state index contributed by atoms with van der Waals surface area (Å²) in [5.74, 6) is -3.68. The van der Waals surface area contributed by atoms with Crippen molar-refractivity contribution in [3.8, 4) is 0 Å². The van der Waals surface area contributed by atoms with Crippen LogP contribution in [0.5, 0.6) is 0 Å². The minimum absolute atomic E-state index is 0. The van der Waals surface area contributed by atoms with Gasteiger partial charge >= 0.3 is 0 Å². The van der Waals surface area contributed by atoms with E-state index < -0.39 is 35.7 Å². The molecule has 0 saturated carbocycles. The van der Waals surface area contributed by atoms with Crippen molar-refractivity contribution in [3.05, 3.63) is 35.1 Å². The Morgan fingerprint density at radius 1 is 0.846 bits per heavy atom. The maximum absolute atomic E-state index is 13.5.